The van der Waals surface area contributed by atoms with Gasteiger partial charge in [0, 0.05) is 48.3 Å². The molecule has 4 nitrogen and oxygen atoms in total. The van der Waals surface area contributed by atoms with E-state index in [0.29, 0.717) is 12.1 Å². The second-order valence-electron chi connectivity index (χ2n) is 6.26. The Hall–Kier alpha value is -1.13. The van der Waals surface area contributed by atoms with Crippen molar-refractivity contribution >= 4 is 5.69 Å². The summed E-state index contributed by atoms with van der Waals surface area (Å²) >= 11 is 0. The van der Waals surface area contributed by atoms with Gasteiger partial charge in [0.25, 0.3) is 0 Å². The van der Waals surface area contributed by atoms with Gasteiger partial charge in [-0.2, -0.15) is 0 Å². The zero-order valence-corrected chi connectivity index (χ0v) is 12.5. The Kier molecular flexibility index (Phi) is 3.94. The molecule has 2 unspecified atom stereocenters. The number of fused-ring (bicyclic) bond motifs is 1. The second-order valence-corrected chi connectivity index (χ2v) is 6.26. The van der Waals surface area contributed by atoms with Gasteiger partial charge < -0.3 is 10.0 Å². The quantitative estimate of drug-likeness (QED) is 0.895. The maximum Gasteiger partial charge on any atom is 0.0717 e. The van der Waals surface area contributed by atoms with Crippen LogP contribution in [-0.2, 0) is 6.61 Å². The van der Waals surface area contributed by atoms with Gasteiger partial charge in [-0.3, -0.25) is 9.88 Å². The average molecular weight is 275 g/mol. The number of piperazine rings is 1. The van der Waals surface area contributed by atoms with Crippen molar-refractivity contribution in [1.29, 1.82) is 0 Å². The lowest BCUT2D eigenvalue weighted by molar-refractivity contribution is 0.115. The molecule has 0 bridgehead atoms. The highest BCUT2D eigenvalue weighted by Crippen LogP contribution is 2.30. The lowest BCUT2D eigenvalue weighted by Gasteiger charge is -2.48. The fourth-order valence-electron chi connectivity index (χ4n) is 3.65. The van der Waals surface area contributed by atoms with Crippen molar-refractivity contribution in [2.45, 2.75) is 51.8 Å². The molecule has 0 spiro atoms. The van der Waals surface area contributed by atoms with Crippen LogP contribution < -0.4 is 4.90 Å². The SMILES string of the molecule is Cc1cc(N2CC3CCCCN3CC2C)c(CO)cn1. The number of pyridine rings is 1. The van der Waals surface area contributed by atoms with E-state index in [9.17, 15) is 5.11 Å². The summed E-state index contributed by atoms with van der Waals surface area (Å²) in [7, 11) is 0. The first kappa shape index (κ1) is 13.8. The van der Waals surface area contributed by atoms with Crippen LogP contribution in [0.25, 0.3) is 0 Å². The van der Waals surface area contributed by atoms with Gasteiger partial charge in [-0.1, -0.05) is 6.42 Å². The van der Waals surface area contributed by atoms with Crippen LogP contribution in [0.3, 0.4) is 0 Å². The van der Waals surface area contributed by atoms with Gasteiger partial charge in [-0.15, -0.1) is 0 Å². The Morgan fingerprint density at radius 2 is 2.20 bits per heavy atom. The van der Waals surface area contributed by atoms with Gasteiger partial charge in [0.2, 0.25) is 0 Å². The molecular formula is C16H25N3O. The number of aliphatic hydroxyl groups is 1. The van der Waals surface area contributed by atoms with Crippen molar-refractivity contribution in [3.05, 3.63) is 23.5 Å². The van der Waals surface area contributed by atoms with Gasteiger partial charge in [-0.05, 0) is 39.3 Å². The molecule has 3 heterocycles. The number of hydrogen-bond acceptors (Lipinski definition) is 4. The fraction of sp³-hybridized carbons (Fsp3) is 0.688. The monoisotopic (exact) mass is 275 g/mol. The number of hydrogen-bond donors (Lipinski definition) is 1. The van der Waals surface area contributed by atoms with Crippen LogP contribution in [0.1, 0.15) is 37.4 Å². The van der Waals surface area contributed by atoms with E-state index in [2.05, 4.69) is 27.8 Å². The van der Waals surface area contributed by atoms with Crippen LogP contribution in [0.5, 0.6) is 0 Å². The predicted octanol–water partition coefficient (Wildman–Crippen LogP) is 1.95. The highest BCUT2D eigenvalue weighted by atomic mass is 16.3. The van der Waals surface area contributed by atoms with Gasteiger partial charge >= 0.3 is 0 Å². The molecule has 2 aliphatic heterocycles. The lowest BCUT2D eigenvalue weighted by atomic mass is 9.96. The smallest absolute Gasteiger partial charge is 0.0717 e. The number of nitrogens with zero attached hydrogens (tertiary/aromatic N) is 3. The standard InChI is InChI=1S/C16H25N3O/c1-12-7-16(14(11-20)8-17-12)19-10-15-5-3-4-6-18(15)9-13(19)2/h7-8,13,15,20H,3-6,9-11H2,1-2H3. The summed E-state index contributed by atoms with van der Waals surface area (Å²) in [6.45, 7) is 7.85. The van der Waals surface area contributed by atoms with Crippen molar-refractivity contribution in [2.75, 3.05) is 24.5 Å². The molecular weight excluding hydrogens is 250 g/mol. The summed E-state index contributed by atoms with van der Waals surface area (Å²) in [4.78, 5) is 9.44. The molecule has 20 heavy (non-hydrogen) atoms. The molecule has 2 fully saturated rings. The average Bonchev–Trinajstić information content (AvgIpc) is 2.46. The van der Waals surface area contributed by atoms with Gasteiger partial charge in [0.1, 0.15) is 0 Å². The van der Waals surface area contributed by atoms with Crippen LogP contribution in [0.15, 0.2) is 12.3 Å². The van der Waals surface area contributed by atoms with Crippen LogP contribution in [0.2, 0.25) is 0 Å². The largest absolute Gasteiger partial charge is 0.392 e. The topological polar surface area (TPSA) is 39.6 Å². The summed E-state index contributed by atoms with van der Waals surface area (Å²) in [6.07, 6.45) is 5.83. The third-order valence-electron chi connectivity index (χ3n) is 4.77. The molecule has 4 heteroatoms. The van der Waals surface area contributed by atoms with E-state index in [1.165, 1.54) is 31.5 Å². The molecule has 0 aromatic carbocycles. The van der Waals surface area contributed by atoms with Crippen LogP contribution in [0.4, 0.5) is 5.69 Å². The first-order valence-electron chi connectivity index (χ1n) is 7.76. The van der Waals surface area contributed by atoms with E-state index in [0.717, 1.165) is 24.3 Å². The molecule has 1 aromatic heterocycles. The van der Waals surface area contributed by atoms with Crippen LogP contribution in [-0.4, -0.2) is 46.7 Å². The maximum absolute atomic E-state index is 9.58. The van der Waals surface area contributed by atoms with E-state index in [-0.39, 0.29) is 6.61 Å². The molecule has 1 aromatic rings. The highest BCUT2D eigenvalue weighted by molar-refractivity contribution is 5.55. The van der Waals surface area contributed by atoms with E-state index >= 15 is 0 Å². The van der Waals surface area contributed by atoms with Gasteiger partial charge in [0.05, 0.1) is 6.61 Å². The molecule has 2 aliphatic rings. The highest BCUT2D eigenvalue weighted by Gasteiger charge is 2.33. The molecule has 0 radical (unpaired) electrons. The third-order valence-corrected chi connectivity index (χ3v) is 4.77. The van der Waals surface area contributed by atoms with E-state index in [1.54, 1.807) is 0 Å². The Labute approximate surface area is 121 Å². The molecule has 0 amide bonds. The lowest BCUT2D eigenvalue weighted by Crippen LogP contribution is -2.59. The van der Waals surface area contributed by atoms with Gasteiger partial charge in [0.15, 0.2) is 0 Å². The first-order valence-corrected chi connectivity index (χ1v) is 7.76. The summed E-state index contributed by atoms with van der Waals surface area (Å²) in [5, 5.41) is 9.58. The van der Waals surface area contributed by atoms with Crippen LogP contribution >= 0.6 is 0 Å². The second kappa shape index (κ2) is 5.70. The molecule has 3 rings (SSSR count). The number of piperidine rings is 1. The maximum atomic E-state index is 9.58. The van der Waals surface area contributed by atoms with Crippen molar-refractivity contribution in [1.82, 2.24) is 9.88 Å². The molecule has 1 N–H and O–H groups in total. The van der Waals surface area contributed by atoms with Gasteiger partial charge in [-0.25, -0.2) is 0 Å². The predicted molar refractivity (Wildman–Crippen MR) is 80.9 cm³/mol. The fourth-order valence-corrected chi connectivity index (χ4v) is 3.65. The molecule has 2 atom stereocenters. The number of anilines is 1. The first-order chi connectivity index (χ1) is 9.69. The molecule has 2 saturated heterocycles. The number of aryl methyl sites for hydroxylation is 1. The van der Waals surface area contributed by atoms with E-state index < -0.39 is 0 Å². The minimum absolute atomic E-state index is 0.0697. The normalized spacial score (nSPS) is 27.4. The Bertz CT molecular complexity index is 477. The van der Waals surface area contributed by atoms with Crippen molar-refractivity contribution in [3.63, 3.8) is 0 Å². The minimum atomic E-state index is 0.0697. The summed E-state index contributed by atoms with van der Waals surface area (Å²) < 4.78 is 0. The van der Waals surface area contributed by atoms with E-state index in [4.69, 9.17) is 0 Å². The minimum Gasteiger partial charge on any atom is -0.392 e. The van der Waals surface area contributed by atoms with Crippen molar-refractivity contribution in [2.24, 2.45) is 0 Å². The molecule has 0 aliphatic carbocycles. The third kappa shape index (κ3) is 2.54. The summed E-state index contributed by atoms with van der Waals surface area (Å²) in [6, 6.07) is 3.30. The molecule has 0 saturated carbocycles. The number of aliphatic hydroxyl groups excluding tert-OH is 1. The molecule has 110 valence electrons. The zero-order valence-electron chi connectivity index (χ0n) is 12.5. The Morgan fingerprint density at radius 1 is 1.35 bits per heavy atom. The Balaban J connectivity index is 1.87. The number of rotatable bonds is 2. The van der Waals surface area contributed by atoms with Crippen LogP contribution in [0, 0.1) is 6.92 Å². The summed E-state index contributed by atoms with van der Waals surface area (Å²) in [5.74, 6) is 0. The number of aromatic nitrogens is 1. The van der Waals surface area contributed by atoms with Crippen molar-refractivity contribution in [3.8, 4) is 0 Å². The van der Waals surface area contributed by atoms with Crippen molar-refractivity contribution < 1.29 is 5.11 Å². The Morgan fingerprint density at radius 3 is 3.00 bits per heavy atom. The van der Waals surface area contributed by atoms with E-state index in [1.807, 2.05) is 13.1 Å². The summed E-state index contributed by atoms with van der Waals surface area (Å²) in [5.41, 5.74) is 3.15. The zero-order chi connectivity index (χ0) is 14.1.